The van der Waals surface area contributed by atoms with Crippen LogP contribution in [0.3, 0.4) is 0 Å². The molecule has 1 aliphatic rings. The summed E-state index contributed by atoms with van der Waals surface area (Å²) in [4.78, 5) is 13.9. The van der Waals surface area contributed by atoms with Crippen molar-refractivity contribution in [1.29, 1.82) is 0 Å². The Morgan fingerprint density at radius 2 is 2.15 bits per heavy atom. The highest BCUT2D eigenvalue weighted by molar-refractivity contribution is 7.99. The summed E-state index contributed by atoms with van der Waals surface area (Å²) < 4.78 is 0. The van der Waals surface area contributed by atoms with Gasteiger partial charge in [0.15, 0.2) is 0 Å². The summed E-state index contributed by atoms with van der Waals surface area (Å²) in [5.74, 6) is 2.04. The van der Waals surface area contributed by atoms with Gasteiger partial charge in [0.2, 0.25) is 0 Å². The van der Waals surface area contributed by atoms with Gasteiger partial charge in [-0.3, -0.25) is 4.90 Å². The van der Waals surface area contributed by atoms with Gasteiger partial charge in [0.05, 0.1) is 11.9 Å². The quantitative estimate of drug-likeness (QED) is 0.782. The van der Waals surface area contributed by atoms with Gasteiger partial charge >= 0.3 is 0 Å². The number of aromatic nitrogens is 2. The zero-order chi connectivity index (χ0) is 14.3. The molecule has 1 saturated heterocycles. The van der Waals surface area contributed by atoms with Crippen LogP contribution in [-0.2, 0) is 6.54 Å². The predicted molar refractivity (Wildman–Crippen MR) is 89.1 cm³/mol. The Labute approximate surface area is 132 Å². The second-order valence-electron chi connectivity index (χ2n) is 5.31. The number of aryl methyl sites for hydroxylation is 2. The van der Waals surface area contributed by atoms with Crippen molar-refractivity contribution < 1.29 is 0 Å². The molecule has 0 N–H and O–H groups in total. The molecule has 108 valence electrons. The molecule has 0 bridgehead atoms. The van der Waals surface area contributed by atoms with E-state index in [4.69, 9.17) is 16.6 Å². The highest BCUT2D eigenvalue weighted by atomic mass is 35.5. The number of nitrogens with zero attached hydrogens (tertiary/aromatic N) is 3. The first-order valence-corrected chi connectivity index (χ1v) is 9.05. The maximum absolute atomic E-state index is 6.36. The number of thioether (sulfide) groups is 1. The Bertz CT molecular complexity index is 641. The third kappa shape index (κ3) is 2.82. The molecule has 1 fully saturated rings. The molecule has 1 atom stereocenters. The van der Waals surface area contributed by atoms with Gasteiger partial charge in [-0.05, 0) is 19.4 Å². The lowest BCUT2D eigenvalue weighted by molar-refractivity contribution is 0.272. The van der Waals surface area contributed by atoms with E-state index < -0.39 is 0 Å². The summed E-state index contributed by atoms with van der Waals surface area (Å²) in [5.41, 5.74) is 1.21. The van der Waals surface area contributed by atoms with E-state index >= 15 is 0 Å². The largest absolute Gasteiger partial charge is 0.294 e. The van der Waals surface area contributed by atoms with Crippen LogP contribution in [0.2, 0.25) is 5.15 Å². The minimum absolute atomic E-state index is 0.603. The average Bonchev–Trinajstić information content (AvgIpc) is 2.65. The van der Waals surface area contributed by atoms with Gasteiger partial charge in [-0.15, -0.1) is 11.3 Å². The van der Waals surface area contributed by atoms with Gasteiger partial charge in [-0.25, -0.2) is 9.97 Å². The summed E-state index contributed by atoms with van der Waals surface area (Å²) in [5, 5.41) is 2.32. The molecule has 0 amide bonds. The fourth-order valence-electron chi connectivity index (χ4n) is 2.55. The van der Waals surface area contributed by atoms with Crippen LogP contribution in [0.25, 0.3) is 10.2 Å². The second-order valence-corrected chi connectivity index (χ2v) is 8.42. The van der Waals surface area contributed by atoms with Crippen LogP contribution in [0.5, 0.6) is 0 Å². The number of thiophene rings is 1. The minimum atomic E-state index is 0.603. The Balaban J connectivity index is 1.89. The summed E-state index contributed by atoms with van der Waals surface area (Å²) >= 11 is 10.1. The first kappa shape index (κ1) is 14.6. The molecule has 3 nitrogen and oxygen atoms in total. The highest BCUT2D eigenvalue weighted by Gasteiger charge is 2.19. The minimum Gasteiger partial charge on any atom is -0.294 e. The molecule has 20 heavy (non-hydrogen) atoms. The summed E-state index contributed by atoms with van der Waals surface area (Å²) in [6.07, 6.45) is 0. The SMILES string of the molecule is Cc1sc2nc(CN3CCSC(C)C3)nc(Cl)c2c1C. The molecule has 0 aliphatic carbocycles. The van der Waals surface area contributed by atoms with E-state index in [0.29, 0.717) is 10.4 Å². The van der Waals surface area contributed by atoms with Crippen LogP contribution in [0.4, 0.5) is 0 Å². The van der Waals surface area contributed by atoms with Crippen LogP contribution in [0.15, 0.2) is 0 Å². The van der Waals surface area contributed by atoms with Crippen LogP contribution in [0.1, 0.15) is 23.2 Å². The molecule has 2 aromatic heterocycles. The first-order chi connectivity index (χ1) is 9.54. The third-order valence-electron chi connectivity index (χ3n) is 3.72. The molecular formula is C14H18ClN3S2. The molecule has 0 saturated carbocycles. The maximum Gasteiger partial charge on any atom is 0.145 e. The van der Waals surface area contributed by atoms with E-state index in [1.54, 1.807) is 11.3 Å². The number of hydrogen-bond acceptors (Lipinski definition) is 5. The molecular weight excluding hydrogens is 310 g/mol. The van der Waals surface area contributed by atoms with Gasteiger partial charge in [0, 0.05) is 29.0 Å². The Morgan fingerprint density at radius 3 is 2.90 bits per heavy atom. The van der Waals surface area contributed by atoms with Crippen molar-refractivity contribution >= 4 is 44.9 Å². The molecule has 3 rings (SSSR count). The predicted octanol–water partition coefficient (Wildman–Crippen LogP) is 3.90. The Kier molecular flexibility index (Phi) is 4.22. The molecule has 6 heteroatoms. The van der Waals surface area contributed by atoms with E-state index in [9.17, 15) is 0 Å². The van der Waals surface area contributed by atoms with Crippen LogP contribution < -0.4 is 0 Å². The smallest absolute Gasteiger partial charge is 0.145 e. The molecule has 1 unspecified atom stereocenters. The van der Waals surface area contributed by atoms with Crippen molar-refractivity contribution in [3.63, 3.8) is 0 Å². The summed E-state index contributed by atoms with van der Waals surface area (Å²) in [6, 6.07) is 0. The third-order valence-corrected chi connectivity index (χ3v) is 6.23. The van der Waals surface area contributed by atoms with Crippen LogP contribution in [0, 0.1) is 13.8 Å². The zero-order valence-corrected chi connectivity index (χ0v) is 14.3. The zero-order valence-electron chi connectivity index (χ0n) is 11.9. The second kappa shape index (κ2) is 5.79. The number of fused-ring (bicyclic) bond motifs is 1. The lowest BCUT2D eigenvalue weighted by Gasteiger charge is -2.29. The van der Waals surface area contributed by atoms with E-state index in [0.717, 1.165) is 35.7 Å². The fraction of sp³-hybridized carbons (Fsp3) is 0.571. The van der Waals surface area contributed by atoms with Gasteiger partial charge in [-0.2, -0.15) is 11.8 Å². The van der Waals surface area contributed by atoms with E-state index in [-0.39, 0.29) is 0 Å². The van der Waals surface area contributed by atoms with E-state index in [1.165, 1.54) is 16.2 Å². The topological polar surface area (TPSA) is 29.0 Å². The monoisotopic (exact) mass is 327 g/mol. The van der Waals surface area contributed by atoms with Crippen LogP contribution in [-0.4, -0.2) is 39.0 Å². The molecule has 0 spiro atoms. The molecule has 0 aromatic carbocycles. The standard InChI is InChI=1S/C14H18ClN3S2/c1-8-6-18(4-5-19-8)7-11-16-13(15)12-9(2)10(3)20-14(12)17-11/h8H,4-7H2,1-3H3. The van der Waals surface area contributed by atoms with Crippen molar-refractivity contribution in [2.24, 2.45) is 0 Å². The van der Waals surface area contributed by atoms with Gasteiger partial charge in [-0.1, -0.05) is 18.5 Å². The molecule has 0 radical (unpaired) electrons. The number of rotatable bonds is 2. The molecule has 2 aromatic rings. The van der Waals surface area contributed by atoms with Crippen molar-refractivity contribution in [1.82, 2.24) is 14.9 Å². The summed E-state index contributed by atoms with van der Waals surface area (Å²) in [6.45, 7) is 9.49. The highest BCUT2D eigenvalue weighted by Crippen LogP contribution is 2.33. The fourth-order valence-corrected chi connectivity index (χ4v) is 5.06. The Hall–Kier alpha value is -0.360. The van der Waals surface area contributed by atoms with Gasteiger partial charge in [0.25, 0.3) is 0 Å². The van der Waals surface area contributed by atoms with Crippen molar-refractivity contribution in [2.75, 3.05) is 18.8 Å². The average molecular weight is 328 g/mol. The van der Waals surface area contributed by atoms with Crippen molar-refractivity contribution in [2.45, 2.75) is 32.6 Å². The lowest BCUT2D eigenvalue weighted by Crippen LogP contribution is -2.36. The molecule has 3 heterocycles. The van der Waals surface area contributed by atoms with Gasteiger partial charge < -0.3 is 0 Å². The van der Waals surface area contributed by atoms with Gasteiger partial charge in [0.1, 0.15) is 15.8 Å². The number of hydrogen-bond donors (Lipinski definition) is 0. The van der Waals surface area contributed by atoms with Crippen molar-refractivity contribution in [3.05, 3.63) is 21.4 Å². The van der Waals surface area contributed by atoms with Crippen molar-refractivity contribution in [3.8, 4) is 0 Å². The number of halogens is 1. The first-order valence-electron chi connectivity index (χ1n) is 6.80. The Morgan fingerprint density at radius 1 is 1.35 bits per heavy atom. The maximum atomic E-state index is 6.36. The van der Waals surface area contributed by atoms with E-state index in [2.05, 4.69) is 30.7 Å². The normalized spacial score (nSPS) is 20.7. The van der Waals surface area contributed by atoms with E-state index in [1.807, 2.05) is 11.8 Å². The lowest BCUT2D eigenvalue weighted by atomic mass is 10.2. The van der Waals surface area contributed by atoms with Crippen LogP contribution >= 0.6 is 34.7 Å². The summed E-state index contributed by atoms with van der Waals surface area (Å²) in [7, 11) is 0. The molecule has 1 aliphatic heterocycles.